The van der Waals surface area contributed by atoms with Gasteiger partial charge in [0.15, 0.2) is 5.82 Å². The molecule has 0 atom stereocenters. The summed E-state index contributed by atoms with van der Waals surface area (Å²) in [5.74, 6) is 1.79. The van der Waals surface area contributed by atoms with Crippen LogP contribution in [0.3, 0.4) is 0 Å². The molecule has 8 heteroatoms. The average molecular weight is 344 g/mol. The first-order valence-corrected chi connectivity index (χ1v) is 8.66. The average Bonchev–Trinajstić information content (AvgIpc) is 2.62. The summed E-state index contributed by atoms with van der Waals surface area (Å²) in [5, 5.41) is 0. The largest absolute Gasteiger partial charge is 0.478 e. The van der Waals surface area contributed by atoms with E-state index in [1.54, 1.807) is 17.0 Å². The molecular formula is C17H24N6O2. The minimum absolute atomic E-state index is 0.0381. The Bertz CT molecular complexity index is 783. The molecule has 0 saturated carbocycles. The molecule has 3 heterocycles. The fourth-order valence-corrected chi connectivity index (χ4v) is 2.91. The number of hydrogen-bond donors (Lipinski definition) is 0. The Balaban J connectivity index is 1.73. The molecule has 0 aliphatic carbocycles. The van der Waals surface area contributed by atoms with E-state index < -0.39 is 0 Å². The van der Waals surface area contributed by atoms with E-state index in [0.717, 1.165) is 18.8 Å². The first kappa shape index (κ1) is 17.2. The summed E-state index contributed by atoms with van der Waals surface area (Å²) in [5.41, 5.74) is 0.843. The molecule has 1 fully saturated rings. The van der Waals surface area contributed by atoms with Crippen LogP contribution in [0.4, 0.5) is 11.8 Å². The fourth-order valence-electron chi connectivity index (χ4n) is 2.91. The molecule has 2 aromatic rings. The maximum atomic E-state index is 12.4. The standard InChI is InChI=1S/C17H24N6O2/c1-4-21-7-6-18-15(16(21)24)22-8-10-23(11-9-22)17-19-13(3)12-14(20-17)25-5-2/h6-7,12H,4-5,8-11H2,1-3H3. The molecule has 1 aliphatic heterocycles. The minimum Gasteiger partial charge on any atom is -0.478 e. The van der Waals surface area contributed by atoms with Crippen LogP contribution < -0.4 is 20.1 Å². The van der Waals surface area contributed by atoms with Gasteiger partial charge in [0.1, 0.15) is 0 Å². The first-order valence-electron chi connectivity index (χ1n) is 8.66. The van der Waals surface area contributed by atoms with E-state index in [-0.39, 0.29) is 5.56 Å². The van der Waals surface area contributed by atoms with Crippen LogP contribution in [0.25, 0.3) is 0 Å². The predicted molar refractivity (Wildman–Crippen MR) is 96.5 cm³/mol. The number of hydrogen-bond acceptors (Lipinski definition) is 7. The van der Waals surface area contributed by atoms with Gasteiger partial charge in [-0.25, -0.2) is 9.97 Å². The van der Waals surface area contributed by atoms with E-state index in [9.17, 15) is 4.79 Å². The second-order valence-corrected chi connectivity index (χ2v) is 5.90. The number of aryl methyl sites for hydroxylation is 2. The first-order chi connectivity index (χ1) is 12.1. The summed E-state index contributed by atoms with van der Waals surface area (Å²) in [7, 11) is 0. The van der Waals surface area contributed by atoms with Gasteiger partial charge < -0.3 is 19.1 Å². The Labute approximate surface area is 147 Å². The van der Waals surface area contributed by atoms with E-state index >= 15 is 0 Å². The lowest BCUT2D eigenvalue weighted by Crippen LogP contribution is -2.49. The molecule has 2 aromatic heterocycles. The monoisotopic (exact) mass is 344 g/mol. The number of ether oxygens (including phenoxy) is 1. The SMILES string of the molecule is CCOc1cc(C)nc(N2CCN(c3nccn(CC)c3=O)CC2)n1. The lowest BCUT2D eigenvalue weighted by Gasteiger charge is -2.35. The van der Waals surface area contributed by atoms with Crippen LogP contribution in [0.2, 0.25) is 0 Å². The molecule has 1 aliphatic rings. The number of aromatic nitrogens is 4. The van der Waals surface area contributed by atoms with E-state index in [4.69, 9.17) is 4.74 Å². The zero-order valence-electron chi connectivity index (χ0n) is 15.0. The van der Waals surface area contributed by atoms with Gasteiger partial charge in [-0.3, -0.25) is 4.79 Å². The van der Waals surface area contributed by atoms with Gasteiger partial charge in [-0.1, -0.05) is 0 Å². The van der Waals surface area contributed by atoms with Crippen molar-refractivity contribution in [2.45, 2.75) is 27.3 Å². The lowest BCUT2D eigenvalue weighted by molar-refractivity contribution is 0.325. The molecule has 0 spiro atoms. The Hall–Kier alpha value is -2.64. The third-order valence-corrected chi connectivity index (χ3v) is 4.21. The lowest BCUT2D eigenvalue weighted by atomic mass is 10.3. The number of nitrogens with zero attached hydrogens (tertiary/aromatic N) is 6. The minimum atomic E-state index is -0.0381. The molecule has 1 saturated heterocycles. The molecule has 0 unspecified atom stereocenters. The van der Waals surface area contributed by atoms with Crippen molar-refractivity contribution >= 4 is 11.8 Å². The van der Waals surface area contributed by atoms with Gasteiger partial charge in [0.25, 0.3) is 5.56 Å². The number of anilines is 2. The van der Waals surface area contributed by atoms with E-state index in [2.05, 4.69) is 19.9 Å². The van der Waals surface area contributed by atoms with Gasteiger partial charge in [0.05, 0.1) is 6.61 Å². The van der Waals surface area contributed by atoms with Crippen LogP contribution in [0, 0.1) is 6.92 Å². The molecule has 8 nitrogen and oxygen atoms in total. The van der Waals surface area contributed by atoms with Crippen molar-refractivity contribution in [3.8, 4) is 5.88 Å². The molecule has 0 bridgehead atoms. The highest BCUT2D eigenvalue weighted by atomic mass is 16.5. The molecule has 134 valence electrons. The zero-order valence-corrected chi connectivity index (χ0v) is 15.0. The summed E-state index contributed by atoms with van der Waals surface area (Å²) >= 11 is 0. The Morgan fingerprint density at radius 2 is 1.84 bits per heavy atom. The van der Waals surface area contributed by atoms with Crippen LogP contribution in [0.1, 0.15) is 19.5 Å². The third-order valence-electron chi connectivity index (χ3n) is 4.21. The Morgan fingerprint density at radius 3 is 2.52 bits per heavy atom. The van der Waals surface area contributed by atoms with Crippen LogP contribution in [0.5, 0.6) is 5.88 Å². The number of piperazine rings is 1. The van der Waals surface area contributed by atoms with Crippen molar-refractivity contribution in [2.75, 3.05) is 42.6 Å². The van der Waals surface area contributed by atoms with E-state index in [1.165, 1.54) is 0 Å². The molecule has 3 rings (SSSR count). The molecule has 0 amide bonds. The van der Waals surface area contributed by atoms with Crippen molar-refractivity contribution < 1.29 is 4.74 Å². The van der Waals surface area contributed by atoms with Crippen LogP contribution in [-0.4, -0.2) is 52.3 Å². The molecule has 25 heavy (non-hydrogen) atoms. The Morgan fingerprint density at radius 1 is 1.12 bits per heavy atom. The summed E-state index contributed by atoms with van der Waals surface area (Å²) in [6, 6.07) is 1.84. The summed E-state index contributed by atoms with van der Waals surface area (Å²) in [6.07, 6.45) is 3.41. The predicted octanol–water partition coefficient (Wildman–Crippen LogP) is 1.09. The van der Waals surface area contributed by atoms with Gasteiger partial charge >= 0.3 is 0 Å². The maximum absolute atomic E-state index is 12.4. The van der Waals surface area contributed by atoms with Crippen molar-refractivity contribution in [3.05, 3.63) is 34.5 Å². The quantitative estimate of drug-likeness (QED) is 0.803. The van der Waals surface area contributed by atoms with Crippen LogP contribution in [-0.2, 0) is 6.54 Å². The van der Waals surface area contributed by atoms with Gasteiger partial charge in [-0.15, -0.1) is 0 Å². The van der Waals surface area contributed by atoms with Gasteiger partial charge in [0.2, 0.25) is 11.8 Å². The van der Waals surface area contributed by atoms with Crippen LogP contribution >= 0.6 is 0 Å². The summed E-state index contributed by atoms with van der Waals surface area (Å²) in [6.45, 7) is 9.92. The second-order valence-electron chi connectivity index (χ2n) is 5.90. The van der Waals surface area contributed by atoms with Crippen molar-refractivity contribution in [1.29, 1.82) is 0 Å². The van der Waals surface area contributed by atoms with Gasteiger partial charge in [-0.2, -0.15) is 4.98 Å². The normalized spacial score (nSPS) is 14.7. The van der Waals surface area contributed by atoms with Crippen molar-refractivity contribution in [3.63, 3.8) is 0 Å². The van der Waals surface area contributed by atoms with E-state index in [1.807, 2.05) is 31.7 Å². The molecule has 0 aromatic carbocycles. The smallest absolute Gasteiger partial charge is 0.293 e. The topological polar surface area (TPSA) is 76.4 Å². The van der Waals surface area contributed by atoms with Crippen LogP contribution in [0.15, 0.2) is 23.3 Å². The maximum Gasteiger partial charge on any atom is 0.293 e. The van der Waals surface area contributed by atoms with Gasteiger partial charge in [-0.05, 0) is 20.8 Å². The van der Waals surface area contributed by atoms with Crippen molar-refractivity contribution in [2.24, 2.45) is 0 Å². The zero-order chi connectivity index (χ0) is 17.8. The van der Waals surface area contributed by atoms with Gasteiger partial charge in [0, 0.05) is 56.9 Å². The summed E-state index contributed by atoms with van der Waals surface area (Å²) < 4.78 is 7.18. The Kier molecular flexibility index (Phi) is 5.16. The fraction of sp³-hybridized carbons (Fsp3) is 0.529. The summed E-state index contributed by atoms with van der Waals surface area (Å²) in [4.78, 5) is 29.8. The second kappa shape index (κ2) is 7.50. The highest BCUT2D eigenvalue weighted by molar-refractivity contribution is 5.41. The highest BCUT2D eigenvalue weighted by Crippen LogP contribution is 2.18. The van der Waals surface area contributed by atoms with Crippen molar-refractivity contribution in [1.82, 2.24) is 19.5 Å². The molecule has 0 N–H and O–H groups in total. The molecule has 0 radical (unpaired) electrons. The molecular weight excluding hydrogens is 320 g/mol. The number of rotatable bonds is 5. The highest BCUT2D eigenvalue weighted by Gasteiger charge is 2.22. The van der Waals surface area contributed by atoms with E-state index in [0.29, 0.717) is 43.9 Å². The third kappa shape index (κ3) is 3.72.